The van der Waals surface area contributed by atoms with Gasteiger partial charge in [-0.25, -0.2) is 4.79 Å². The molecule has 0 saturated carbocycles. The van der Waals surface area contributed by atoms with E-state index in [1.807, 2.05) is 18.2 Å². The molecule has 0 amide bonds. The average molecular weight is 259 g/mol. The fraction of sp³-hybridized carbons (Fsp3) is 0.143. The third-order valence-electron chi connectivity index (χ3n) is 2.50. The third-order valence-corrected chi connectivity index (χ3v) is 2.50. The number of carboxylic acids is 1. The number of aromatic carboxylic acids is 1. The molecule has 0 aliphatic carbocycles. The predicted molar refractivity (Wildman–Crippen MR) is 68.5 cm³/mol. The summed E-state index contributed by atoms with van der Waals surface area (Å²) in [6.45, 7) is 0.271. The van der Waals surface area contributed by atoms with Gasteiger partial charge in [0.05, 0.1) is 18.4 Å². The summed E-state index contributed by atoms with van der Waals surface area (Å²) in [4.78, 5) is 14.7. The Kier molecular flexibility index (Phi) is 3.97. The molecule has 0 spiro atoms. The van der Waals surface area contributed by atoms with E-state index < -0.39 is 5.97 Å². The summed E-state index contributed by atoms with van der Waals surface area (Å²) in [5, 5.41) is 8.76. The highest BCUT2D eigenvalue weighted by atomic mass is 16.5. The normalized spacial score (nSPS) is 9.95. The quantitative estimate of drug-likeness (QED) is 0.892. The van der Waals surface area contributed by atoms with Gasteiger partial charge in [0.2, 0.25) is 0 Å². The number of carbonyl (C=O) groups is 1. The SMILES string of the molecule is COc1cccc(OCc2ccc(C(=O)O)cn2)c1. The Morgan fingerprint density at radius 2 is 2.05 bits per heavy atom. The summed E-state index contributed by atoms with van der Waals surface area (Å²) in [6.07, 6.45) is 1.31. The number of hydrogen-bond donors (Lipinski definition) is 1. The van der Waals surface area contributed by atoms with Crippen LogP contribution in [0.4, 0.5) is 0 Å². The fourth-order valence-corrected chi connectivity index (χ4v) is 1.48. The van der Waals surface area contributed by atoms with Gasteiger partial charge in [0.15, 0.2) is 0 Å². The van der Waals surface area contributed by atoms with Crippen molar-refractivity contribution < 1.29 is 19.4 Å². The van der Waals surface area contributed by atoms with Crippen LogP contribution in [-0.2, 0) is 6.61 Å². The molecule has 2 rings (SSSR count). The standard InChI is InChI=1S/C14H13NO4/c1-18-12-3-2-4-13(7-12)19-9-11-6-5-10(8-15-11)14(16)17/h2-8H,9H2,1H3,(H,16,17). The van der Waals surface area contributed by atoms with Crippen molar-refractivity contribution in [2.75, 3.05) is 7.11 Å². The van der Waals surface area contributed by atoms with Crippen molar-refractivity contribution in [1.82, 2.24) is 4.98 Å². The van der Waals surface area contributed by atoms with Crippen LogP contribution >= 0.6 is 0 Å². The number of rotatable bonds is 5. The monoisotopic (exact) mass is 259 g/mol. The number of ether oxygens (including phenoxy) is 2. The molecule has 98 valence electrons. The van der Waals surface area contributed by atoms with Gasteiger partial charge < -0.3 is 14.6 Å². The van der Waals surface area contributed by atoms with Crippen molar-refractivity contribution in [3.63, 3.8) is 0 Å². The van der Waals surface area contributed by atoms with E-state index in [9.17, 15) is 4.79 Å². The van der Waals surface area contributed by atoms with Crippen molar-refractivity contribution in [2.24, 2.45) is 0 Å². The molecular weight excluding hydrogens is 246 g/mol. The average Bonchev–Trinajstić information content (AvgIpc) is 2.46. The van der Waals surface area contributed by atoms with E-state index in [-0.39, 0.29) is 12.2 Å². The molecule has 1 heterocycles. The topological polar surface area (TPSA) is 68.7 Å². The summed E-state index contributed by atoms with van der Waals surface area (Å²) in [5.41, 5.74) is 0.818. The predicted octanol–water partition coefficient (Wildman–Crippen LogP) is 2.37. The number of nitrogens with zero attached hydrogens (tertiary/aromatic N) is 1. The molecule has 1 aromatic carbocycles. The molecular formula is C14H13NO4. The van der Waals surface area contributed by atoms with E-state index in [0.29, 0.717) is 17.2 Å². The molecule has 0 aliphatic rings. The zero-order valence-electron chi connectivity index (χ0n) is 10.4. The van der Waals surface area contributed by atoms with Gasteiger partial charge in [-0.3, -0.25) is 4.98 Å². The highest BCUT2D eigenvalue weighted by Gasteiger charge is 2.03. The Bertz CT molecular complexity index is 566. The number of hydrogen-bond acceptors (Lipinski definition) is 4. The molecule has 1 aromatic heterocycles. The second-order valence-electron chi connectivity index (χ2n) is 3.81. The van der Waals surface area contributed by atoms with E-state index in [0.717, 1.165) is 0 Å². The lowest BCUT2D eigenvalue weighted by Gasteiger charge is -2.07. The third kappa shape index (κ3) is 3.45. The maximum Gasteiger partial charge on any atom is 0.337 e. The van der Waals surface area contributed by atoms with Crippen LogP contribution in [0.25, 0.3) is 0 Å². The summed E-state index contributed by atoms with van der Waals surface area (Å²) < 4.78 is 10.6. The van der Waals surface area contributed by atoms with Gasteiger partial charge in [0.1, 0.15) is 18.1 Å². The maximum absolute atomic E-state index is 10.7. The molecule has 0 radical (unpaired) electrons. The van der Waals surface area contributed by atoms with Crippen molar-refractivity contribution in [3.8, 4) is 11.5 Å². The summed E-state index contributed by atoms with van der Waals surface area (Å²) in [6, 6.07) is 10.4. The molecule has 0 saturated heterocycles. The van der Waals surface area contributed by atoms with Gasteiger partial charge in [-0.1, -0.05) is 6.07 Å². The lowest BCUT2D eigenvalue weighted by molar-refractivity contribution is 0.0696. The van der Waals surface area contributed by atoms with Crippen LogP contribution in [0, 0.1) is 0 Å². The first-order valence-corrected chi connectivity index (χ1v) is 5.64. The lowest BCUT2D eigenvalue weighted by atomic mass is 10.2. The highest BCUT2D eigenvalue weighted by molar-refractivity contribution is 5.87. The van der Waals surface area contributed by atoms with Gasteiger partial charge in [-0.2, -0.15) is 0 Å². The van der Waals surface area contributed by atoms with E-state index >= 15 is 0 Å². The van der Waals surface area contributed by atoms with Crippen LogP contribution in [0.5, 0.6) is 11.5 Å². The number of methoxy groups -OCH3 is 1. The molecule has 5 heteroatoms. The number of pyridine rings is 1. The molecule has 0 unspecified atom stereocenters. The Hall–Kier alpha value is -2.56. The van der Waals surface area contributed by atoms with Gasteiger partial charge in [0.25, 0.3) is 0 Å². The van der Waals surface area contributed by atoms with E-state index in [2.05, 4.69) is 4.98 Å². The van der Waals surface area contributed by atoms with Crippen LogP contribution in [0.1, 0.15) is 16.1 Å². The minimum absolute atomic E-state index is 0.158. The van der Waals surface area contributed by atoms with E-state index in [1.165, 1.54) is 12.3 Å². The summed E-state index contributed by atoms with van der Waals surface area (Å²) in [5.74, 6) is 0.392. The van der Waals surface area contributed by atoms with Crippen molar-refractivity contribution in [2.45, 2.75) is 6.61 Å². The molecule has 5 nitrogen and oxygen atoms in total. The van der Waals surface area contributed by atoms with E-state index in [1.54, 1.807) is 19.2 Å². The zero-order chi connectivity index (χ0) is 13.7. The smallest absolute Gasteiger partial charge is 0.337 e. The second kappa shape index (κ2) is 5.86. The van der Waals surface area contributed by atoms with Crippen molar-refractivity contribution >= 4 is 5.97 Å². The van der Waals surface area contributed by atoms with Gasteiger partial charge >= 0.3 is 5.97 Å². The van der Waals surface area contributed by atoms with Crippen molar-refractivity contribution in [3.05, 3.63) is 53.9 Å². The minimum Gasteiger partial charge on any atom is -0.497 e. The molecule has 0 bridgehead atoms. The van der Waals surface area contributed by atoms with Crippen LogP contribution in [0.2, 0.25) is 0 Å². The number of aromatic nitrogens is 1. The van der Waals surface area contributed by atoms with Crippen LogP contribution in [0.3, 0.4) is 0 Å². The molecule has 0 fully saturated rings. The Labute approximate surface area is 110 Å². The molecule has 1 N–H and O–H groups in total. The van der Waals surface area contributed by atoms with Gasteiger partial charge in [0, 0.05) is 12.3 Å². The number of benzene rings is 1. The Morgan fingerprint density at radius 1 is 1.26 bits per heavy atom. The summed E-state index contributed by atoms with van der Waals surface area (Å²) in [7, 11) is 1.59. The van der Waals surface area contributed by atoms with E-state index in [4.69, 9.17) is 14.6 Å². The first kappa shape index (κ1) is 12.9. The summed E-state index contributed by atoms with van der Waals surface area (Å²) >= 11 is 0. The Morgan fingerprint density at radius 3 is 2.68 bits per heavy atom. The first-order valence-electron chi connectivity index (χ1n) is 5.64. The highest BCUT2D eigenvalue weighted by Crippen LogP contribution is 2.19. The van der Waals surface area contributed by atoms with Gasteiger partial charge in [-0.15, -0.1) is 0 Å². The molecule has 0 aliphatic heterocycles. The maximum atomic E-state index is 10.7. The second-order valence-corrected chi connectivity index (χ2v) is 3.81. The van der Waals surface area contributed by atoms with Crippen LogP contribution < -0.4 is 9.47 Å². The fourth-order valence-electron chi connectivity index (χ4n) is 1.48. The molecule has 2 aromatic rings. The Balaban J connectivity index is 1.99. The van der Waals surface area contributed by atoms with Gasteiger partial charge in [-0.05, 0) is 24.3 Å². The zero-order valence-corrected chi connectivity index (χ0v) is 10.4. The number of carboxylic acid groups (broad SMARTS) is 1. The molecule has 19 heavy (non-hydrogen) atoms. The minimum atomic E-state index is -0.993. The van der Waals surface area contributed by atoms with Crippen LogP contribution in [0.15, 0.2) is 42.6 Å². The van der Waals surface area contributed by atoms with Crippen LogP contribution in [-0.4, -0.2) is 23.2 Å². The largest absolute Gasteiger partial charge is 0.497 e. The van der Waals surface area contributed by atoms with Crippen molar-refractivity contribution in [1.29, 1.82) is 0 Å². The lowest BCUT2D eigenvalue weighted by Crippen LogP contribution is -2.01. The molecule has 0 atom stereocenters. The first-order chi connectivity index (χ1) is 9.19.